The van der Waals surface area contributed by atoms with E-state index in [1.165, 1.54) is 6.33 Å². The molecule has 3 rings (SSSR count). The Morgan fingerprint density at radius 2 is 1.71 bits per heavy atom. The summed E-state index contributed by atoms with van der Waals surface area (Å²) in [5.74, 6) is 0.212. The fraction of sp³-hybridized carbons (Fsp3) is 0.158. The van der Waals surface area contributed by atoms with Crippen molar-refractivity contribution >= 4 is 0 Å². The molecule has 0 saturated heterocycles. The molecule has 3 nitrogen and oxygen atoms in total. The summed E-state index contributed by atoms with van der Waals surface area (Å²) in [7, 11) is 0. The number of aromatic nitrogens is 2. The van der Waals surface area contributed by atoms with Crippen molar-refractivity contribution in [2.24, 2.45) is 0 Å². The summed E-state index contributed by atoms with van der Waals surface area (Å²) in [4.78, 5) is 8.07. The van der Waals surface area contributed by atoms with Crippen molar-refractivity contribution in [1.82, 2.24) is 9.97 Å². The van der Waals surface area contributed by atoms with Crippen LogP contribution in [0.1, 0.15) is 16.7 Å². The maximum Gasteiger partial charge on any atom is 0.387 e. The largest absolute Gasteiger partial charge is 0.435 e. The van der Waals surface area contributed by atoms with E-state index >= 15 is 0 Å². The highest BCUT2D eigenvalue weighted by Gasteiger charge is 2.08. The van der Waals surface area contributed by atoms with Gasteiger partial charge < -0.3 is 4.74 Å². The SMILES string of the molecule is Cc1cc(Cc2cccc(-c3cncnc3)c2)ccc1OC(F)F. The van der Waals surface area contributed by atoms with Crippen LogP contribution in [0.2, 0.25) is 0 Å². The number of ether oxygens (including phenoxy) is 1. The minimum absolute atomic E-state index is 0.212. The van der Waals surface area contributed by atoms with Crippen LogP contribution in [-0.4, -0.2) is 16.6 Å². The van der Waals surface area contributed by atoms with Gasteiger partial charge in [-0.3, -0.25) is 0 Å². The van der Waals surface area contributed by atoms with Gasteiger partial charge in [-0.2, -0.15) is 8.78 Å². The van der Waals surface area contributed by atoms with Crippen molar-refractivity contribution in [3.8, 4) is 16.9 Å². The fourth-order valence-corrected chi connectivity index (χ4v) is 2.59. The molecular weight excluding hydrogens is 310 g/mol. The van der Waals surface area contributed by atoms with E-state index < -0.39 is 6.61 Å². The molecule has 0 amide bonds. The summed E-state index contributed by atoms with van der Waals surface area (Å²) in [6, 6.07) is 13.4. The lowest BCUT2D eigenvalue weighted by atomic mass is 9.99. The van der Waals surface area contributed by atoms with Crippen LogP contribution in [-0.2, 0) is 6.42 Å². The molecule has 1 aromatic heterocycles. The molecular formula is C19H16F2N2O. The third-order valence-corrected chi connectivity index (χ3v) is 3.68. The summed E-state index contributed by atoms with van der Waals surface area (Å²) < 4.78 is 29.1. The fourth-order valence-electron chi connectivity index (χ4n) is 2.59. The highest BCUT2D eigenvalue weighted by Crippen LogP contribution is 2.24. The van der Waals surface area contributed by atoms with E-state index in [0.29, 0.717) is 12.0 Å². The van der Waals surface area contributed by atoms with Crippen molar-refractivity contribution in [3.63, 3.8) is 0 Å². The second kappa shape index (κ2) is 7.17. The van der Waals surface area contributed by atoms with Crippen LogP contribution >= 0.6 is 0 Å². The van der Waals surface area contributed by atoms with Crippen molar-refractivity contribution in [1.29, 1.82) is 0 Å². The van der Waals surface area contributed by atoms with E-state index in [1.54, 1.807) is 25.4 Å². The lowest BCUT2D eigenvalue weighted by Gasteiger charge is -2.10. The number of hydrogen-bond acceptors (Lipinski definition) is 3. The van der Waals surface area contributed by atoms with E-state index in [-0.39, 0.29) is 5.75 Å². The van der Waals surface area contributed by atoms with Crippen molar-refractivity contribution in [2.45, 2.75) is 20.0 Å². The van der Waals surface area contributed by atoms with Crippen LogP contribution in [0.15, 0.2) is 61.2 Å². The molecule has 2 aromatic carbocycles. The summed E-state index contributed by atoms with van der Waals surface area (Å²) >= 11 is 0. The Labute approximate surface area is 139 Å². The molecule has 24 heavy (non-hydrogen) atoms. The molecule has 0 fully saturated rings. The monoisotopic (exact) mass is 326 g/mol. The molecule has 1 heterocycles. The van der Waals surface area contributed by atoms with Gasteiger partial charge in [0.2, 0.25) is 0 Å². The van der Waals surface area contributed by atoms with Gasteiger partial charge in [-0.15, -0.1) is 0 Å². The Bertz CT molecular complexity index is 823. The van der Waals surface area contributed by atoms with E-state index in [0.717, 1.165) is 22.3 Å². The van der Waals surface area contributed by atoms with Crippen molar-refractivity contribution in [2.75, 3.05) is 0 Å². The number of rotatable bonds is 5. The van der Waals surface area contributed by atoms with E-state index in [1.807, 2.05) is 30.3 Å². The average molecular weight is 326 g/mol. The van der Waals surface area contributed by atoms with E-state index in [2.05, 4.69) is 20.8 Å². The Kier molecular flexibility index (Phi) is 4.79. The summed E-state index contributed by atoms with van der Waals surface area (Å²) in [6.45, 7) is -1.04. The minimum atomic E-state index is -2.81. The quantitative estimate of drug-likeness (QED) is 0.685. The molecule has 122 valence electrons. The Hall–Kier alpha value is -2.82. The smallest absolute Gasteiger partial charge is 0.387 e. The van der Waals surface area contributed by atoms with E-state index in [9.17, 15) is 8.78 Å². The first-order valence-corrected chi connectivity index (χ1v) is 7.50. The van der Waals surface area contributed by atoms with Crippen LogP contribution in [0.4, 0.5) is 8.78 Å². The molecule has 0 aliphatic rings. The van der Waals surface area contributed by atoms with Gasteiger partial charge in [-0.1, -0.05) is 36.4 Å². The molecule has 0 aliphatic heterocycles. The molecule has 0 spiro atoms. The average Bonchev–Trinajstić information content (AvgIpc) is 2.58. The number of aryl methyl sites for hydroxylation is 1. The third-order valence-electron chi connectivity index (χ3n) is 3.68. The zero-order chi connectivity index (χ0) is 16.9. The number of alkyl halides is 2. The van der Waals surface area contributed by atoms with Crippen LogP contribution < -0.4 is 4.74 Å². The molecule has 5 heteroatoms. The van der Waals surface area contributed by atoms with Gasteiger partial charge in [-0.25, -0.2) is 9.97 Å². The van der Waals surface area contributed by atoms with Gasteiger partial charge in [0.1, 0.15) is 12.1 Å². The van der Waals surface area contributed by atoms with Gasteiger partial charge in [-0.05, 0) is 41.7 Å². The summed E-state index contributed by atoms with van der Waals surface area (Å²) in [5, 5.41) is 0. The molecule has 0 unspecified atom stereocenters. The third kappa shape index (κ3) is 3.93. The van der Waals surface area contributed by atoms with Crippen LogP contribution in [0.3, 0.4) is 0 Å². The van der Waals surface area contributed by atoms with Crippen LogP contribution in [0.5, 0.6) is 5.75 Å². The second-order valence-electron chi connectivity index (χ2n) is 5.48. The first kappa shape index (κ1) is 16.1. The predicted octanol–water partition coefficient (Wildman–Crippen LogP) is 4.64. The summed E-state index contributed by atoms with van der Waals surface area (Å²) in [5.41, 5.74) is 4.85. The molecule has 3 aromatic rings. The van der Waals surface area contributed by atoms with Gasteiger partial charge in [0.25, 0.3) is 0 Å². The topological polar surface area (TPSA) is 35.0 Å². The molecule has 0 N–H and O–H groups in total. The molecule has 0 saturated carbocycles. The zero-order valence-electron chi connectivity index (χ0n) is 13.1. The van der Waals surface area contributed by atoms with Gasteiger partial charge in [0.15, 0.2) is 0 Å². The van der Waals surface area contributed by atoms with E-state index in [4.69, 9.17) is 0 Å². The van der Waals surface area contributed by atoms with Gasteiger partial charge in [0.05, 0.1) is 0 Å². The highest BCUT2D eigenvalue weighted by molar-refractivity contribution is 5.62. The maximum absolute atomic E-state index is 12.3. The molecule has 0 aliphatic carbocycles. The Balaban J connectivity index is 1.80. The minimum Gasteiger partial charge on any atom is -0.435 e. The van der Waals surface area contributed by atoms with Crippen molar-refractivity contribution < 1.29 is 13.5 Å². The first-order chi connectivity index (χ1) is 11.6. The lowest BCUT2D eigenvalue weighted by molar-refractivity contribution is -0.0503. The second-order valence-corrected chi connectivity index (χ2v) is 5.48. The first-order valence-electron chi connectivity index (χ1n) is 7.50. The number of hydrogen-bond donors (Lipinski definition) is 0. The summed E-state index contributed by atoms with van der Waals surface area (Å²) in [6.07, 6.45) is 5.75. The normalized spacial score (nSPS) is 10.8. The zero-order valence-corrected chi connectivity index (χ0v) is 13.1. The lowest BCUT2D eigenvalue weighted by Crippen LogP contribution is -2.03. The van der Waals surface area contributed by atoms with Gasteiger partial charge in [0, 0.05) is 18.0 Å². The molecule has 0 bridgehead atoms. The number of halogens is 2. The Morgan fingerprint density at radius 3 is 2.42 bits per heavy atom. The standard InChI is InChI=1S/C19H16F2N2O/c1-13-7-15(5-6-18(13)24-19(20)21)8-14-3-2-4-16(9-14)17-10-22-12-23-11-17/h2-7,9-12,19H,8H2,1H3. The van der Waals surface area contributed by atoms with Crippen molar-refractivity contribution in [3.05, 3.63) is 77.9 Å². The predicted molar refractivity (Wildman–Crippen MR) is 88.1 cm³/mol. The van der Waals surface area contributed by atoms with Gasteiger partial charge >= 0.3 is 6.61 Å². The highest BCUT2D eigenvalue weighted by atomic mass is 19.3. The molecule has 0 atom stereocenters. The number of nitrogens with zero attached hydrogens (tertiary/aromatic N) is 2. The number of benzene rings is 2. The Morgan fingerprint density at radius 1 is 0.958 bits per heavy atom. The van der Waals surface area contributed by atoms with Crippen LogP contribution in [0.25, 0.3) is 11.1 Å². The maximum atomic E-state index is 12.3. The van der Waals surface area contributed by atoms with Crippen LogP contribution in [0, 0.1) is 6.92 Å². The molecule has 0 radical (unpaired) electrons.